The van der Waals surface area contributed by atoms with Gasteiger partial charge < -0.3 is 0 Å². The average Bonchev–Trinajstić information content (AvgIpc) is 3.00. The molecule has 1 aromatic carbocycles. The molecule has 0 N–H and O–H groups in total. The number of fused-ring (bicyclic) bond motifs is 3. The minimum Gasteiger partial charge on any atom is -0.274 e. The summed E-state index contributed by atoms with van der Waals surface area (Å²) in [7, 11) is 0. The summed E-state index contributed by atoms with van der Waals surface area (Å²) < 4.78 is 1.84. The highest BCUT2D eigenvalue weighted by molar-refractivity contribution is 5.65. The Morgan fingerprint density at radius 3 is 2.67 bits per heavy atom. The summed E-state index contributed by atoms with van der Waals surface area (Å²) in [4.78, 5) is 9.31. The topological polar surface area (TPSA) is 54.0 Å². The Hall–Kier alpha value is -2.67. The molecule has 0 saturated carbocycles. The van der Waals surface area contributed by atoms with E-state index in [4.69, 9.17) is 4.98 Å². The van der Waals surface area contributed by atoms with E-state index in [0.29, 0.717) is 5.82 Å². The molecule has 4 heteroatoms. The van der Waals surface area contributed by atoms with Gasteiger partial charge in [0.25, 0.3) is 0 Å². The van der Waals surface area contributed by atoms with Gasteiger partial charge in [0, 0.05) is 17.3 Å². The van der Waals surface area contributed by atoms with Crippen molar-refractivity contribution in [2.75, 3.05) is 0 Å². The van der Waals surface area contributed by atoms with Gasteiger partial charge in [-0.25, -0.2) is 9.97 Å². The fraction of sp³-hybridized carbons (Fsp3) is 0.235. The molecule has 1 aliphatic carbocycles. The first-order valence-electron chi connectivity index (χ1n) is 7.23. The second kappa shape index (κ2) is 4.71. The molecule has 2 aromatic heterocycles. The fourth-order valence-corrected chi connectivity index (χ4v) is 3.02. The van der Waals surface area contributed by atoms with Gasteiger partial charge in [-0.1, -0.05) is 30.3 Å². The number of nitriles is 1. The van der Waals surface area contributed by atoms with Crippen LogP contribution >= 0.6 is 0 Å². The monoisotopic (exact) mass is 274 g/mol. The van der Waals surface area contributed by atoms with Crippen LogP contribution in [0, 0.1) is 11.3 Å². The molecule has 3 aromatic rings. The standard InChI is InChI=1S/C17H14N4/c18-10-16-19-14-9-5-4-8-13(14)17-20-15(11-21(16)17)12-6-2-1-3-7-12/h1-3,6-7,11H,4-5,8-9H2. The van der Waals surface area contributed by atoms with Crippen molar-refractivity contribution in [3.63, 3.8) is 0 Å². The van der Waals surface area contributed by atoms with Gasteiger partial charge in [-0.15, -0.1) is 0 Å². The van der Waals surface area contributed by atoms with E-state index in [1.807, 2.05) is 40.9 Å². The Morgan fingerprint density at radius 2 is 1.86 bits per heavy atom. The lowest BCUT2D eigenvalue weighted by atomic mass is 9.97. The summed E-state index contributed by atoms with van der Waals surface area (Å²) in [5.41, 5.74) is 5.12. The quantitative estimate of drug-likeness (QED) is 0.685. The van der Waals surface area contributed by atoms with Gasteiger partial charge in [0.15, 0.2) is 0 Å². The van der Waals surface area contributed by atoms with Crippen molar-refractivity contribution in [3.05, 3.63) is 53.6 Å². The number of benzene rings is 1. The van der Waals surface area contributed by atoms with Crippen molar-refractivity contribution in [1.29, 1.82) is 5.26 Å². The number of rotatable bonds is 1. The molecule has 0 atom stereocenters. The second-order valence-corrected chi connectivity index (χ2v) is 5.37. The van der Waals surface area contributed by atoms with E-state index in [-0.39, 0.29) is 0 Å². The van der Waals surface area contributed by atoms with E-state index >= 15 is 0 Å². The van der Waals surface area contributed by atoms with E-state index in [0.717, 1.165) is 41.9 Å². The largest absolute Gasteiger partial charge is 0.274 e. The maximum absolute atomic E-state index is 9.36. The zero-order chi connectivity index (χ0) is 14.2. The van der Waals surface area contributed by atoms with Crippen LogP contribution in [0.3, 0.4) is 0 Å². The minimum atomic E-state index is 0.431. The summed E-state index contributed by atoms with van der Waals surface area (Å²) in [6.45, 7) is 0. The predicted molar refractivity (Wildman–Crippen MR) is 79.8 cm³/mol. The van der Waals surface area contributed by atoms with Crippen molar-refractivity contribution >= 4 is 5.65 Å². The smallest absolute Gasteiger partial charge is 0.218 e. The first-order valence-corrected chi connectivity index (χ1v) is 7.23. The first-order chi connectivity index (χ1) is 10.4. The number of hydrogen-bond acceptors (Lipinski definition) is 3. The molecule has 0 bridgehead atoms. The summed E-state index contributed by atoms with van der Waals surface area (Å²) in [6.07, 6.45) is 6.19. The van der Waals surface area contributed by atoms with Crippen LogP contribution in [0.1, 0.15) is 29.9 Å². The van der Waals surface area contributed by atoms with E-state index in [1.54, 1.807) is 0 Å². The average molecular weight is 274 g/mol. The van der Waals surface area contributed by atoms with Gasteiger partial charge in [0.05, 0.1) is 11.4 Å². The molecule has 0 radical (unpaired) electrons. The lowest BCUT2D eigenvalue weighted by Gasteiger charge is -2.15. The molecule has 4 nitrogen and oxygen atoms in total. The fourth-order valence-electron chi connectivity index (χ4n) is 3.02. The van der Waals surface area contributed by atoms with Crippen LogP contribution in [0.25, 0.3) is 16.9 Å². The molecule has 0 aliphatic heterocycles. The molecule has 0 spiro atoms. The zero-order valence-corrected chi connectivity index (χ0v) is 11.6. The predicted octanol–water partition coefficient (Wildman–Crippen LogP) is 3.15. The third kappa shape index (κ3) is 1.90. The number of hydrogen-bond donors (Lipinski definition) is 0. The van der Waals surface area contributed by atoms with Crippen molar-refractivity contribution in [2.45, 2.75) is 25.7 Å². The van der Waals surface area contributed by atoms with E-state index < -0.39 is 0 Å². The van der Waals surface area contributed by atoms with Gasteiger partial charge in [-0.2, -0.15) is 5.26 Å². The number of aromatic nitrogens is 3. The molecule has 102 valence electrons. The van der Waals surface area contributed by atoms with Gasteiger partial charge in [0.2, 0.25) is 5.82 Å². The lowest BCUT2D eigenvalue weighted by Crippen LogP contribution is -2.11. The van der Waals surface area contributed by atoms with Gasteiger partial charge >= 0.3 is 0 Å². The van der Waals surface area contributed by atoms with E-state index in [1.165, 1.54) is 12.0 Å². The van der Waals surface area contributed by atoms with Crippen LogP contribution in [0.4, 0.5) is 0 Å². The number of nitrogens with zero attached hydrogens (tertiary/aromatic N) is 4. The highest BCUT2D eigenvalue weighted by Crippen LogP contribution is 2.27. The molecular formula is C17H14N4. The van der Waals surface area contributed by atoms with Crippen LogP contribution in [0.2, 0.25) is 0 Å². The SMILES string of the molecule is N#Cc1nc2c(c3nc(-c4ccccc4)cn13)CCCC2. The molecule has 4 rings (SSSR count). The van der Waals surface area contributed by atoms with Crippen molar-refractivity contribution in [2.24, 2.45) is 0 Å². The van der Waals surface area contributed by atoms with Crippen molar-refractivity contribution < 1.29 is 0 Å². The molecule has 2 heterocycles. The molecule has 1 aliphatic rings. The minimum absolute atomic E-state index is 0.431. The normalized spacial score (nSPS) is 13.9. The summed E-state index contributed by atoms with van der Waals surface area (Å²) in [6, 6.07) is 12.3. The summed E-state index contributed by atoms with van der Waals surface area (Å²) in [5.74, 6) is 0.431. The summed E-state index contributed by atoms with van der Waals surface area (Å²) in [5, 5.41) is 9.36. The first kappa shape index (κ1) is 12.1. The Labute approximate surface area is 122 Å². The van der Waals surface area contributed by atoms with Crippen LogP contribution in [0.15, 0.2) is 36.5 Å². The maximum Gasteiger partial charge on any atom is 0.218 e. The van der Waals surface area contributed by atoms with Crippen molar-refractivity contribution in [1.82, 2.24) is 14.4 Å². The molecule has 0 unspecified atom stereocenters. The Kier molecular flexibility index (Phi) is 2.71. The third-order valence-corrected chi connectivity index (χ3v) is 4.05. The third-order valence-electron chi connectivity index (χ3n) is 4.05. The Balaban J connectivity index is 2.00. The number of imidazole rings is 1. The van der Waals surface area contributed by atoms with Gasteiger partial charge in [-0.05, 0) is 25.7 Å². The molecule has 0 fully saturated rings. The van der Waals surface area contributed by atoms with Crippen LogP contribution in [-0.2, 0) is 12.8 Å². The molecule has 21 heavy (non-hydrogen) atoms. The molecule has 0 amide bonds. The lowest BCUT2D eigenvalue weighted by molar-refractivity contribution is 0.662. The maximum atomic E-state index is 9.36. The highest BCUT2D eigenvalue weighted by Gasteiger charge is 2.19. The Morgan fingerprint density at radius 1 is 1.05 bits per heavy atom. The van der Waals surface area contributed by atoms with E-state index in [9.17, 15) is 5.26 Å². The Bertz CT molecular complexity index is 856. The highest BCUT2D eigenvalue weighted by atomic mass is 15.1. The molecular weight excluding hydrogens is 260 g/mol. The van der Waals surface area contributed by atoms with Crippen molar-refractivity contribution in [3.8, 4) is 17.3 Å². The zero-order valence-electron chi connectivity index (χ0n) is 11.6. The van der Waals surface area contributed by atoms with Crippen LogP contribution < -0.4 is 0 Å². The number of aryl methyl sites for hydroxylation is 2. The molecule has 0 saturated heterocycles. The van der Waals surface area contributed by atoms with Crippen LogP contribution in [0.5, 0.6) is 0 Å². The summed E-state index contributed by atoms with van der Waals surface area (Å²) >= 11 is 0. The van der Waals surface area contributed by atoms with E-state index in [2.05, 4.69) is 11.1 Å². The van der Waals surface area contributed by atoms with Crippen LogP contribution in [-0.4, -0.2) is 14.4 Å². The van der Waals surface area contributed by atoms with Gasteiger partial charge in [0.1, 0.15) is 11.7 Å². The van der Waals surface area contributed by atoms with Gasteiger partial charge in [-0.3, -0.25) is 4.40 Å². The second-order valence-electron chi connectivity index (χ2n) is 5.37.